The van der Waals surface area contributed by atoms with Crippen LogP contribution in [-0.2, 0) is 4.46 Å². The summed E-state index contributed by atoms with van der Waals surface area (Å²) in [6, 6.07) is 0. The molecule has 0 atom stereocenters. The average molecular weight is 85.1 g/mol. The second-order valence-electron chi connectivity index (χ2n) is 0. The minimum atomic E-state index is 0. The predicted octanol–water partition coefficient (Wildman–Crippen LogP) is -1.84. The summed E-state index contributed by atoms with van der Waals surface area (Å²) >= 11 is 0. The van der Waals surface area contributed by atoms with Crippen LogP contribution in [0.4, 0.5) is 0 Å². The topological polar surface area (TPSA) is 17.1 Å². The van der Waals surface area contributed by atoms with Crippen molar-refractivity contribution in [3.05, 3.63) is 0 Å². The molecule has 0 fully saturated rings. The minimum absolute atomic E-state index is 0. The molecule has 0 aliphatic heterocycles. The molecule has 0 aliphatic carbocycles. The zero-order valence-corrected chi connectivity index (χ0v) is 2.62. The van der Waals surface area contributed by atoms with Crippen LogP contribution >= 0.6 is 0 Å². The fourth-order valence-electron chi connectivity index (χ4n) is 0. The summed E-state index contributed by atoms with van der Waals surface area (Å²) in [7, 11) is 1.72. The number of hydrogen-bond acceptors (Lipinski definition) is 1. The largest absolute Gasteiger partial charge is 2.00 e. The molecule has 0 aromatic heterocycles. The van der Waals surface area contributed by atoms with E-state index in [0.717, 1.165) is 0 Å². The SMILES string of the molecule is O=[Si].[AlH3].[Be+2].[H-].[H-]. The molecule has 0 spiro atoms. The summed E-state index contributed by atoms with van der Waals surface area (Å²) in [6.45, 7) is 0. The van der Waals surface area contributed by atoms with E-state index in [1.165, 1.54) is 0 Å². The van der Waals surface area contributed by atoms with E-state index in [1.807, 2.05) is 0 Å². The Morgan fingerprint density at radius 2 is 1.50 bits per heavy atom. The second kappa shape index (κ2) is 53.3. The average Bonchev–Trinajstić information content (AvgIpc) is 1.00. The quantitative estimate of drug-likeness (QED) is 0.316. The molecule has 4 heavy (non-hydrogen) atoms. The summed E-state index contributed by atoms with van der Waals surface area (Å²) in [4.78, 5) is 0. The second-order valence-corrected chi connectivity index (χ2v) is 0. The molecule has 0 aliphatic rings. The van der Waals surface area contributed by atoms with Crippen LogP contribution in [0.1, 0.15) is 2.85 Å². The molecule has 0 aromatic carbocycles. The predicted molar refractivity (Wildman–Crippen MR) is 24.4 cm³/mol. The van der Waals surface area contributed by atoms with E-state index in [4.69, 9.17) is 4.46 Å². The van der Waals surface area contributed by atoms with E-state index in [9.17, 15) is 0 Å². The van der Waals surface area contributed by atoms with E-state index in [0.29, 0.717) is 0 Å². The van der Waals surface area contributed by atoms with Crippen LogP contribution in [0, 0.1) is 0 Å². The Balaban J connectivity index is -0.000000000833. The molecule has 0 N–H and O–H groups in total. The van der Waals surface area contributed by atoms with Gasteiger partial charge in [0.25, 0.3) is 0 Å². The fraction of sp³-hybridized carbons (Fsp3) is 0. The van der Waals surface area contributed by atoms with Crippen molar-refractivity contribution in [3.8, 4) is 0 Å². The Kier molecular flexibility index (Phi) is 294. The van der Waals surface area contributed by atoms with Gasteiger partial charge < -0.3 is 7.32 Å². The first kappa shape index (κ1) is 22.1. The van der Waals surface area contributed by atoms with Crippen molar-refractivity contribution < 1.29 is 7.32 Å². The Bertz CT molecular complexity index is 13.5. The zero-order chi connectivity index (χ0) is 2.00. The molecule has 4 heteroatoms. The van der Waals surface area contributed by atoms with Crippen molar-refractivity contribution in [1.82, 2.24) is 0 Å². The van der Waals surface area contributed by atoms with E-state index >= 15 is 0 Å². The molecular weight excluding hydrogens is 80.1 g/mol. The molecule has 0 heterocycles. The smallest absolute Gasteiger partial charge is 1.00 e. The molecule has 20 valence electrons. The summed E-state index contributed by atoms with van der Waals surface area (Å²) in [5.41, 5.74) is 0. The molecule has 0 saturated carbocycles. The summed E-state index contributed by atoms with van der Waals surface area (Å²) < 4.78 is 8.06. The van der Waals surface area contributed by atoms with Gasteiger partial charge in [0.05, 0.1) is 0 Å². The van der Waals surface area contributed by atoms with Crippen molar-refractivity contribution in [2.75, 3.05) is 0 Å². The van der Waals surface area contributed by atoms with E-state index in [1.54, 1.807) is 10.1 Å². The van der Waals surface area contributed by atoms with Gasteiger partial charge in [-0.2, -0.15) is 0 Å². The van der Waals surface area contributed by atoms with Crippen LogP contribution in [0.2, 0.25) is 0 Å². The van der Waals surface area contributed by atoms with Crippen LogP contribution in [-0.4, -0.2) is 37.6 Å². The van der Waals surface area contributed by atoms with Crippen LogP contribution in [0.3, 0.4) is 0 Å². The maximum atomic E-state index is 8.06. The van der Waals surface area contributed by atoms with Crippen molar-refractivity contribution in [2.45, 2.75) is 0 Å². The van der Waals surface area contributed by atoms with E-state index in [2.05, 4.69) is 0 Å². The third kappa shape index (κ3) is 15.6. The van der Waals surface area contributed by atoms with E-state index in [-0.39, 0.29) is 30.3 Å². The van der Waals surface area contributed by atoms with Crippen molar-refractivity contribution >= 4 is 37.6 Å². The minimum Gasteiger partial charge on any atom is -1.00 e. The van der Waals surface area contributed by atoms with Crippen LogP contribution in [0.25, 0.3) is 0 Å². The Hall–Kier alpha value is 0.718. The van der Waals surface area contributed by atoms with Gasteiger partial charge in [0.2, 0.25) is 0 Å². The van der Waals surface area contributed by atoms with Gasteiger partial charge in [0.1, 0.15) is 0 Å². The van der Waals surface area contributed by atoms with Crippen molar-refractivity contribution in [1.29, 1.82) is 0 Å². The Labute approximate surface area is 45.6 Å². The normalized spacial score (nSPS) is 1.00. The van der Waals surface area contributed by atoms with Gasteiger partial charge in [-0.25, -0.2) is 0 Å². The molecule has 0 amide bonds. The van der Waals surface area contributed by atoms with Gasteiger partial charge in [-0.15, -0.1) is 0 Å². The van der Waals surface area contributed by atoms with Crippen LogP contribution in [0.15, 0.2) is 0 Å². The van der Waals surface area contributed by atoms with Crippen molar-refractivity contribution in [2.24, 2.45) is 0 Å². The third-order valence-corrected chi connectivity index (χ3v) is 0. The Morgan fingerprint density at radius 3 is 1.50 bits per heavy atom. The van der Waals surface area contributed by atoms with Gasteiger partial charge in [0, 0.05) is 0 Å². The molecular formula is H5AlBeOSi. The third-order valence-electron chi connectivity index (χ3n) is 0. The Morgan fingerprint density at radius 1 is 1.50 bits per heavy atom. The first-order valence-electron chi connectivity index (χ1n) is 0.204. The number of rotatable bonds is 0. The van der Waals surface area contributed by atoms with Gasteiger partial charge in [0.15, 0.2) is 17.4 Å². The molecule has 0 aromatic rings. The fourth-order valence-corrected chi connectivity index (χ4v) is 0. The van der Waals surface area contributed by atoms with Gasteiger partial charge in [-0.1, -0.05) is 0 Å². The monoisotopic (exact) mass is 85.0 g/mol. The van der Waals surface area contributed by atoms with E-state index < -0.39 is 0 Å². The first-order valence-corrected chi connectivity index (χ1v) is 0.612. The van der Waals surface area contributed by atoms with Gasteiger partial charge >= 0.3 is 20.3 Å². The van der Waals surface area contributed by atoms with Gasteiger partial charge in [-0.05, 0) is 0 Å². The van der Waals surface area contributed by atoms with Crippen LogP contribution in [0.5, 0.6) is 0 Å². The summed E-state index contributed by atoms with van der Waals surface area (Å²) in [6.07, 6.45) is 0. The maximum absolute atomic E-state index is 8.06. The first-order chi connectivity index (χ1) is 1.00. The zero-order valence-electron chi connectivity index (χ0n) is 3.62. The molecule has 0 rings (SSSR count). The maximum Gasteiger partial charge on any atom is 2.00 e. The molecule has 0 saturated heterocycles. The summed E-state index contributed by atoms with van der Waals surface area (Å²) in [5, 5.41) is 0. The molecule has 0 unspecified atom stereocenters. The molecule has 1 nitrogen and oxygen atoms in total. The van der Waals surface area contributed by atoms with Crippen LogP contribution < -0.4 is 0 Å². The standard InChI is InChI=1S/Al.Be.OSi.5H/c;;1-2;;;;;/q;+2;;;;;2*-1. The molecule has 2 radical (unpaired) electrons. The van der Waals surface area contributed by atoms with Gasteiger partial charge in [-0.3, -0.25) is 0 Å². The molecule has 0 bridgehead atoms. The van der Waals surface area contributed by atoms with Crippen molar-refractivity contribution in [3.63, 3.8) is 0 Å². The number of hydrogen-bond donors (Lipinski definition) is 0. The summed E-state index contributed by atoms with van der Waals surface area (Å²) in [5.74, 6) is 0.